The molecule has 2 heterocycles. The number of nitrogens with one attached hydrogen (secondary N) is 1. The highest BCUT2D eigenvalue weighted by Crippen LogP contribution is 2.36. The Morgan fingerprint density at radius 2 is 2.21 bits per heavy atom. The van der Waals surface area contributed by atoms with Crippen molar-refractivity contribution in [1.82, 2.24) is 14.8 Å². The van der Waals surface area contributed by atoms with E-state index < -0.39 is 23.0 Å². The van der Waals surface area contributed by atoms with Crippen LogP contribution in [0.3, 0.4) is 0 Å². The fraction of sp³-hybridized carbons (Fsp3) is 0.300. The van der Waals surface area contributed by atoms with Crippen LogP contribution in [-0.4, -0.2) is 20.7 Å². The first kappa shape index (κ1) is 13.5. The molecule has 0 aromatic carbocycles. The number of rotatable bonds is 3. The number of carbonyl (C=O) groups is 1. The van der Waals surface area contributed by atoms with Crippen molar-refractivity contribution in [3.63, 3.8) is 0 Å². The molecule has 0 radical (unpaired) electrons. The Balaban J connectivity index is 2.05. The lowest BCUT2D eigenvalue weighted by Crippen LogP contribution is -2.23. The van der Waals surface area contributed by atoms with Crippen molar-refractivity contribution in [1.29, 1.82) is 0 Å². The van der Waals surface area contributed by atoms with Gasteiger partial charge in [0, 0.05) is 0 Å². The third-order valence-electron chi connectivity index (χ3n) is 2.34. The standard InChI is InChI=1S/C10H9F3N4OS/c1-6(17-5-14-4-15-17)9(18)16-8-3-2-7(19-8)10(11,12)13/h2-6H,1H3,(H,16,18). The second-order valence-corrected chi connectivity index (χ2v) is 4.79. The van der Waals surface area contributed by atoms with E-state index in [-0.39, 0.29) is 5.00 Å². The van der Waals surface area contributed by atoms with E-state index in [0.717, 1.165) is 6.07 Å². The number of thiophene rings is 1. The molecule has 2 rings (SSSR count). The predicted molar refractivity (Wildman–Crippen MR) is 62.7 cm³/mol. The van der Waals surface area contributed by atoms with Gasteiger partial charge in [-0.3, -0.25) is 4.79 Å². The molecular formula is C10H9F3N4OS. The van der Waals surface area contributed by atoms with E-state index in [1.54, 1.807) is 6.92 Å². The maximum Gasteiger partial charge on any atom is 0.425 e. The zero-order valence-corrected chi connectivity index (χ0v) is 10.5. The van der Waals surface area contributed by atoms with Gasteiger partial charge in [0.1, 0.15) is 23.6 Å². The number of aromatic nitrogens is 3. The van der Waals surface area contributed by atoms with Crippen LogP contribution in [0.5, 0.6) is 0 Å². The molecule has 19 heavy (non-hydrogen) atoms. The summed E-state index contributed by atoms with van der Waals surface area (Å²) in [5.74, 6) is -0.457. The van der Waals surface area contributed by atoms with Gasteiger partial charge in [0.2, 0.25) is 5.91 Å². The van der Waals surface area contributed by atoms with Crippen molar-refractivity contribution in [3.05, 3.63) is 29.7 Å². The first-order valence-corrected chi connectivity index (χ1v) is 6.01. The molecule has 1 unspecified atom stereocenters. The Kier molecular flexibility index (Phi) is 3.56. The molecule has 0 bridgehead atoms. The molecule has 0 aliphatic rings. The third kappa shape index (κ3) is 3.11. The second kappa shape index (κ2) is 5.00. The highest BCUT2D eigenvalue weighted by Gasteiger charge is 2.32. The number of carbonyl (C=O) groups excluding carboxylic acids is 1. The molecule has 102 valence electrons. The number of hydrogen-bond acceptors (Lipinski definition) is 4. The van der Waals surface area contributed by atoms with Crippen LogP contribution in [0.2, 0.25) is 0 Å². The van der Waals surface area contributed by atoms with Crippen molar-refractivity contribution < 1.29 is 18.0 Å². The Hall–Kier alpha value is -1.90. The molecule has 0 aliphatic carbocycles. The van der Waals surface area contributed by atoms with Crippen molar-refractivity contribution in [2.24, 2.45) is 0 Å². The largest absolute Gasteiger partial charge is 0.425 e. The summed E-state index contributed by atoms with van der Waals surface area (Å²) < 4.78 is 38.5. The monoisotopic (exact) mass is 290 g/mol. The molecule has 1 atom stereocenters. The highest BCUT2D eigenvalue weighted by molar-refractivity contribution is 7.16. The van der Waals surface area contributed by atoms with Crippen molar-refractivity contribution in [2.45, 2.75) is 19.1 Å². The molecular weight excluding hydrogens is 281 g/mol. The summed E-state index contributed by atoms with van der Waals surface area (Å²) >= 11 is 0.481. The quantitative estimate of drug-likeness (QED) is 0.945. The smallest absolute Gasteiger partial charge is 0.316 e. The minimum absolute atomic E-state index is 0.143. The average Bonchev–Trinajstić information content (AvgIpc) is 2.97. The number of anilines is 1. The van der Waals surface area contributed by atoms with Crippen LogP contribution >= 0.6 is 11.3 Å². The Morgan fingerprint density at radius 1 is 1.47 bits per heavy atom. The summed E-state index contributed by atoms with van der Waals surface area (Å²) in [6.07, 6.45) is -1.76. The van der Waals surface area contributed by atoms with Crippen LogP contribution in [0.1, 0.15) is 17.8 Å². The van der Waals surface area contributed by atoms with E-state index in [1.165, 1.54) is 23.4 Å². The van der Waals surface area contributed by atoms with Gasteiger partial charge >= 0.3 is 6.18 Å². The van der Waals surface area contributed by atoms with Gasteiger partial charge in [0.25, 0.3) is 0 Å². The summed E-state index contributed by atoms with van der Waals surface area (Å²) in [5, 5.41) is 6.35. The van der Waals surface area contributed by atoms with Gasteiger partial charge in [-0.05, 0) is 19.1 Å². The van der Waals surface area contributed by atoms with E-state index in [1.807, 2.05) is 0 Å². The first-order chi connectivity index (χ1) is 8.88. The van der Waals surface area contributed by atoms with Gasteiger partial charge in [0.15, 0.2) is 0 Å². The maximum atomic E-state index is 12.4. The summed E-state index contributed by atoms with van der Waals surface area (Å²) in [4.78, 5) is 14.7. The molecule has 2 aromatic heterocycles. The highest BCUT2D eigenvalue weighted by atomic mass is 32.1. The molecule has 0 spiro atoms. The van der Waals surface area contributed by atoms with Crippen LogP contribution in [-0.2, 0) is 11.0 Å². The molecule has 5 nitrogen and oxygen atoms in total. The average molecular weight is 290 g/mol. The lowest BCUT2D eigenvalue weighted by molar-refractivity contribution is -0.134. The number of hydrogen-bond donors (Lipinski definition) is 1. The fourth-order valence-electron chi connectivity index (χ4n) is 1.32. The van der Waals surface area contributed by atoms with E-state index in [4.69, 9.17) is 0 Å². The predicted octanol–water partition coefficient (Wildman–Crippen LogP) is 2.56. The second-order valence-electron chi connectivity index (χ2n) is 3.70. The number of amides is 1. The Morgan fingerprint density at radius 3 is 2.74 bits per heavy atom. The zero-order valence-electron chi connectivity index (χ0n) is 9.68. The summed E-state index contributed by atoms with van der Waals surface area (Å²) in [5.41, 5.74) is 0. The molecule has 0 saturated heterocycles. The van der Waals surface area contributed by atoms with Crippen LogP contribution in [0.4, 0.5) is 18.2 Å². The van der Waals surface area contributed by atoms with Gasteiger partial charge in [-0.2, -0.15) is 18.3 Å². The summed E-state index contributed by atoms with van der Waals surface area (Å²) in [6.45, 7) is 1.57. The van der Waals surface area contributed by atoms with E-state index in [2.05, 4.69) is 15.4 Å². The van der Waals surface area contributed by atoms with Crippen molar-refractivity contribution in [2.75, 3.05) is 5.32 Å². The summed E-state index contributed by atoms with van der Waals surface area (Å²) in [7, 11) is 0. The Bertz CT molecular complexity index is 564. The van der Waals surface area contributed by atoms with Gasteiger partial charge < -0.3 is 5.32 Å². The van der Waals surface area contributed by atoms with Gasteiger partial charge in [-0.25, -0.2) is 9.67 Å². The lowest BCUT2D eigenvalue weighted by atomic mass is 10.3. The van der Waals surface area contributed by atoms with Crippen LogP contribution in [0.15, 0.2) is 24.8 Å². The van der Waals surface area contributed by atoms with Gasteiger partial charge in [-0.1, -0.05) is 0 Å². The third-order valence-corrected chi connectivity index (χ3v) is 3.39. The maximum absolute atomic E-state index is 12.4. The van der Waals surface area contributed by atoms with Crippen LogP contribution in [0.25, 0.3) is 0 Å². The zero-order chi connectivity index (χ0) is 14.0. The van der Waals surface area contributed by atoms with Gasteiger partial charge in [-0.15, -0.1) is 11.3 Å². The lowest BCUT2D eigenvalue weighted by Gasteiger charge is -2.10. The molecule has 9 heteroatoms. The SMILES string of the molecule is CC(C(=O)Nc1ccc(C(F)(F)F)s1)n1cncn1. The molecule has 0 fully saturated rings. The van der Waals surface area contributed by atoms with Crippen molar-refractivity contribution in [3.8, 4) is 0 Å². The fourth-order valence-corrected chi connectivity index (χ4v) is 2.10. The molecule has 1 N–H and O–H groups in total. The minimum atomic E-state index is -4.40. The van der Waals surface area contributed by atoms with Crippen LogP contribution in [0, 0.1) is 0 Å². The molecule has 0 saturated carbocycles. The Labute approximate surface area is 110 Å². The van der Waals surface area contributed by atoms with E-state index in [0.29, 0.717) is 11.3 Å². The normalized spacial score (nSPS) is 13.3. The topological polar surface area (TPSA) is 59.8 Å². The van der Waals surface area contributed by atoms with E-state index >= 15 is 0 Å². The first-order valence-electron chi connectivity index (χ1n) is 5.20. The minimum Gasteiger partial charge on any atom is -0.316 e. The molecule has 2 aromatic rings. The van der Waals surface area contributed by atoms with Gasteiger partial charge in [0.05, 0.1) is 5.00 Å². The number of halogens is 3. The molecule has 0 aliphatic heterocycles. The van der Waals surface area contributed by atoms with E-state index in [9.17, 15) is 18.0 Å². The van der Waals surface area contributed by atoms with Crippen LogP contribution < -0.4 is 5.32 Å². The summed E-state index contributed by atoms with van der Waals surface area (Å²) in [6, 6.07) is 1.50. The number of nitrogens with zero attached hydrogens (tertiary/aromatic N) is 3. The van der Waals surface area contributed by atoms with Crippen molar-refractivity contribution >= 4 is 22.2 Å². The number of alkyl halides is 3. The molecule has 1 amide bonds.